The van der Waals surface area contributed by atoms with Gasteiger partial charge in [0, 0.05) is 25.6 Å². The van der Waals surface area contributed by atoms with Gasteiger partial charge in [-0.3, -0.25) is 4.90 Å². The third-order valence-corrected chi connectivity index (χ3v) is 4.86. The highest BCUT2D eigenvalue weighted by Crippen LogP contribution is 2.21. The third-order valence-electron chi connectivity index (χ3n) is 4.86. The largest absolute Gasteiger partial charge is 0.391 e. The first kappa shape index (κ1) is 19.7. The number of nitrogens with zero attached hydrogens (tertiary/aromatic N) is 1. The molecule has 2 heteroatoms. The van der Waals surface area contributed by atoms with Crippen molar-refractivity contribution in [2.45, 2.75) is 53.2 Å². The van der Waals surface area contributed by atoms with Crippen molar-refractivity contribution in [2.75, 3.05) is 13.1 Å². The second kappa shape index (κ2) is 9.17. The maximum atomic E-state index is 10.8. The zero-order valence-corrected chi connectivity index (χ0v) is 16.4. The monoisotopic (exact) mass is 339 g/mol. The Morgan fingerprint density at radius 1 is 0.920 bits per heavy atom. The second-order valence-corrected chi connectivity index (χ2v) is 7.78. The molecule has 2 aromatic carbocycles. The van der Waals surface area contributed by atoms with E-state index in [1.54, 1.807) is 0 Å². The van der Waals surface area contributed by atoms with Gasteiger partial charge in [0.15, 0.2) is 0 Å². The molecule has 25 heavy (non-hydrogen) atoms. The van der Waals surface area contributed by atoms with Crippen molar-refractivity contribution in [3.8, 4) is 0 Å². The summed E-state index contributed by atoms with van der Waals surface area (Å²) in [6, 6.07) is 17.0. The Morgan fingerprint density at radius 3 is 2.20 bits per heavy atom. The predicted molar refractivity (Wildman–Crippen MR) is 107 cm³/mol. The second-order valence-electron chi connectivity index (χ2n) is 7.78. The maximum absolute atomic E-state index is 10.8. The van der Waals surface area contributed by atoms with Crippen LogP contribution < -0.4 is 0 Å². The van der Waals surface area contributed by atoms with Crippen molar-refractivity contribution in [3.05, 3.63) is 70.8 Å². The molecule has 0 saturated carbocycles. The lowest BCUT2D eigenvalue weighted by atomic mass is 9.94. The maximum Gasteiger partial charge on any atom is 0.0732 e. The summed E-state index contributed by atoms with van der Waals surface area (Å²) in [6.07, 6.45) is -0.369. The Labute approximate surface area is 153 Å². The van der Waals surface area contributed by atoms with E-state index in [0.29, 0.717) is 12.5 Å². The van der Waals surface area contributed by atoms with E-state index >= 15 is 0 Å². The van der Waals surface area contributed by atoms with Gasteiger partial charge in [0.25, 0.3) is 0 Å². The summed E-state index contributed by atoms with van der Waals surface area (Å²) in [5.74, 6) is 0.708. The van der Waals surface area contributed by atoms with Gasteiger partial charge in [-0.15, -0.1) is 0 Å². The molecule has 0 amide bonds. The summed E-state index contributed by atoms with van der Waals surface area (Å²) in [6.45, 7) is 13.5. The van der Waals surface area contributed by atoms with Gasteiger partial charge in [0.05, 0.1) is 6.10 Å². The quantitative estimate of drug-likeness (QED) is 0.737. The van der Waals surface area contributed by atoms with Gasteiger partial charge in [-0.1, -0.05) is 74.9 Å². The topological polar surface area (TPSA) is 23.5 Å². The van der Waals surface area contributed by atoms with Crippen LogP contribution in [0.1, 0.15) is 48.9 Å². The summed E-state index contributed by atoms with van der Waals surface area (Å²) in [5, 5.41) is 10.8. The van der Waals surface area contributed by atoms with Crippen molar-refractivity contribution in [1.29, 1.82) is 0 Å². The first-order valence-electron chi connectivity index (χ1n) is 9.38. The average molecular weight is 340 g/mol. The molecule has 0 aliphatic heterocycles. The Hall–Kier alpha value is -1.64. The minimum Gasteiger partial charge on any atom is -0.391 e. The fourth-order valence-corrected chi connectivity index (χ4v) is 3.39. The van der Waals surface area contributed by atoms with Gasteiger partial charge in [-0.05, 0) is 36.5 Å². The van der Waals surface area contributed by atoms with E-state index in [1.165, 1.54) is 22.3 Å². The minimum absolute atomic E-state index is 0.134. The molecule has 0 saturated heterocycles. The van der Waals surface area contributed by atoms with Crippen LogP contribution in [-0.2, 0) is 6.54 Å². The van der Waals surface area contributed by atoms with Crippen molar-refractivity contribution in [1.82, 2.24) is 4.90 Å². The number of hydrogen-bond acceptors (Lipinski definition) is 2. The molecule has 2 nitrogen and oxygen atoms in total. The molecular formula is C23H33NO. The zero-order valence-electron chi connectivity index (χ0n) is 16.4. The van der Waals surface area contributed by atoms with Crippen LogP contribution in [-0.4, -0.2) is 29.2 Å². The van der Waals surface area contributed by atoms with Gasteiger partial charge in [0.1, 0.15) is 0 Å². The van der Waals surface area contributed by atoms with Crippen LogP contribution in [0, 0.1) is 19.8 Å². The number of aliphatic hydroxyl groups excluding tert-OH is 1. The Kier molecular flexibility index (Phi) is 7.22. The van der Waals surface area contributed by atoms with Crippen LogP contribution in [0.4, 0.5) is 0 Å². The lowest BCUT2D eigenvalue weighted by molar-refractivity contribution is 0.0846. The van der Waals surface area contributed by atoms with Crippen molar-refractivity contribution in [2.24, 2.45) is 5.92 Å². The highest BCUT2D eigenvalue weighted by molar-refractivity contribution is 5.30. The molecule has 2 aromatic rings. The molecule has 0 fully saturated rings. The van der Waals surface area contributed by atoms with Gasteiger partial charge in [0.2, 0.25) is 0 Å². The standard InChI is InChI=1S/C23H33NO/c1-17(2)14-24(15-22-12-11-18(3)13-19(22)4)16-23(25)20(5)21-9-7-6-8-10-21/h6-13,17,20,23,25H,14-16H2,1-5H3. The van der Waals surface area contributed by atoms with Gasteiger partial charge in [-0.2, -0.15) is 0 Å². The molecule has 0 spiro atoms. The van der Waals surface area contributed by atoms with Crippen LogP contribution in [0.2, 0.25) is 0 Å². The highest BCUT2D eigenvalue weighted by Gasteiger charge is 2.20. The molecule has 0 aromatic heterocycles. The first-order valence-corrected chi connectivity index (χ1v) is 9.38. The van der Waals surface area contributed by atoms with E-state index < -0.39 is 0 Å². The van der Waals surface area contributed by atoms with Crippen LogP contribution in [0.3, 0.4) is 0 Å². The van der Waals surface area contributed by atoms with Gasteiger partial charge >= 0.3 is 0 Å². The predicted octanol–water partition coefficient (Wildman–Crippen LogP) is 4.93. The molecule has 0 aliphatic rings. The number of aliphatic hydroxyl groups is 1. The van der Waals surface area contributed by atoms with E-state index in [-0.39, 0.29) is 12.0 Å². The number of rotatable bonds is 8. The zero-order chi connectivity index (χ0) is 18.4. The molecule has 0 aliphatic carbocycles. The molecule has 2 rings (SSSR count). The van der Waals surface area contributed by atoms with Crippen LogP contribution in [0.5, 0.6) is 0 Å². The third kappa shape index (κ3) is 5.98. The van der Waals surface area contributed by atoms with E-state index in [1.807, 2.05) is 18.2 Å². The normalized spacial score (nSPS) is 14.1. The van der Waals surface area contributed by atoms with Crippen molar-refractivity contribution >= 4 is 0 Å². The van der Waals surface area contributed by atoms with Gasteiger partial charge < -0.3 is 5.11 Å². The number of benzene rings is 2. The highest BCUT2D eigenvalue weighted by atomic mass is 16.3. The Balaban J connectivity index is 2.08. The summed E-state index contributed by atoms with van der Waals surface area (Å²) in [4.78, 5) is 2.40. The molecule has 1 N–H and O–H groups in total. The molecule has 136 valence electrons. The average Bonchev–Trinajstić information content (AvgIpc) is 2.56. The molecule has 2 unspecified atom stereocenters. The molecule has 0 radical (unpaired) electrons. The number of aryl methyl sites for hydroxylation is 2. The van der Waals surface area contributed by atoms with Crippen molar-refractivity contribution in [3.63, 3.8) is 0 Å². The fraction of sp³-hybridized carbons (Fsp3) is 0.478. The SMILES string of the molecule is Cc1ccc(CN(CC(C)C)CC(O)C(C)c2ccccc2)c(C)c1. The van der Waals surface area contributed by atoms with E-state index in [2.05, 4.69) is 69.9 Å². The summed E-state index contributed by atoms with van der Waals surface area (Å²) in [7, 11) is 0. The Bertz CT molecular complexity index is 650. The van der Waals surface area contributed by atoms with E-state index in [4.69, 9.17) is 0 Å². The van der Waals surface area contributed by atoms with E-state index in [0.717, 1.165) is 13.1 Å². The smallest absolute Gasteiger partial charge is 0.0732 e. The lowest BCUT2D eigenvalue weighted by Crippen LogP contribution is -2.37. The van der Waals surface area contributed by atoms with E-state index in [9.17, 15) is 5.11 Å². The molecule has 2 atom stereocenters. The molecule has 0 bridgehead atoms. The number of hydrogen-bond donors (Lipinski definition) is 1. The minimum atomic E-state index is -0.369. The summed E-state index contributed by atoms with van der Waals surface area (Å²) >= 11 is 0. The molecule has 0 heterocycles. The lowest BCUT2D eigenvalue weighted by Gasteiger charge is -2.30. The fourth-order valence-electron chi connectivity index (χ4n) is 3.39. The summed E-state index contributed by atoms with van der Waals surface area (Å²) < 4.78 is 0. The van der Waals surface area contributed by atoms with Gasteiger partial charge in [-0.25, -0.2) is 0 Å². The van der Waals surface area contributed by atoms with Crippen LogP contribution in [0.25, 0.3) is 0 Å². The summed E-state index contributed by atoms with van der Waals surface area (Å²) in [5.41, 5.74) is 5.19. The Morgan fingerprint density at radius 2 is 1.60 bits per heavy atom. The van der Waals surface area contributed by atoms with Crippen LogP contribution >= 0.6 is 0 Å². The van der Waals surface area contributed by atoms with Crippen LogP contribution in [0.15, 0.2) is 48.5 Å². The molecular weight excluding hydrogens is 306 g/mol. The van der Waals surface area contributed by atoms with Crippen molar-refractivity contribution < 1.29 is 5.11 Å². The first-order chi connectivity index (χ1) is 11.9.